The Morgan fingerprint density at radius 2 is 2.00 bits per heavy atom. The number of halogens is 1. The van der Waals surface area contributed by atoms with E-state index in [2.05, 4.69) is 0 Å². The number of hydrogen-bond donors (Lipinski definition) is 0. The molecule has 4 unspecified atom stereocenters. The highest BCUT2D eigenvalue weighted by Gasteiger charge is 2.68. The summed E-state index contributed by atoms with van der Waals surface area (Å²) in [7, 11) is -3.42. The van der Waals surface area contributed by atoms with Crippen LogP contribution in [0.3, 0.4) is 0 Å². The van der Waals surface area contributed by atoms with E-state index in [4.69, 9.17) is 16.3 Å². The molecule has 0 aliphatic carbocycles. The van der Waals surface area contributed by atoms with Gasteiger partial charge in [0, 0.05) is 29.6 Å². The van der Waals surface area contributed by atoms with E-state index in [1.54, 1.807) is 23.4 Å². The first-order valence-corrected chi connectivity index (χ1v) is 11.7. The highest BCUT2D eigenvalue weighted by atomic mass is 35.5. The van der Waals surface area contributed by atoms with Crippen LogP contribution in [0.2, 0.25) is 5.02 Å². The van der Waals surface area contributed by atoms with Crippen LogP contribution in [0.4, 0.5) is 0 Å². The van der Waals surface area contributed by atoms with Crippen LogP contribution in [0.5, 0.6) is 0 Å². The first kappa shape index (κ1) is 19.2. The fourth-order valence-electron chi connectivity index (χ4n) is 5.23. The average molecular weight is 432 g/mol. The maximum absolute atomic E-state index is 13.2. The molecule has 0 radical (unpaired) electrons. The summed E-state index contributed by atoms with van der Waals surface area (Å²) >= 11 is 6.06. The van der Waals surface area contributed by atoms with Crippen LogP contribution in [0, 0.1) is 0 Å². The molecule has 29 heavy (non-hydrogen) atoms. The molecule has 1 spiro atoms. The normalized spacial score (nSPS) is 32.4. The number of carbonyl (C=O) groups is 1. The summed E-state index contributed by atoms with van der Waals surface area (Å²) in [5.74, 6) is 0.200. The average Bonchev–Trinajstić information content (AvgIpc) is 3.29. The Balaban J connectivity index is 1.39. The Morgan fingerprint density at radius 1 is 1.24 bits per heavy atom. The highest BCUT2D eigenvalue weighted by Crippen LogP contribution is 2.57. The van der Waals surface area contributed by atoms with Gasteiger partial charge in [0.05, 0.1) is 6.10 Å². The van der Waals surface area contributed by atoms with Crippen molar-refractivity contribution in [2.24, 2.45) is 0 Å². The number of ketones is 1. The van der Waals surface area contributed by atoms with Gasteiger partial charge in [0.25, 0.3) is 0 Å². The summed E-state index contributed by atoms with van der Waals surface area (Å²) in [6.07, 6.45) is 1.12. The molecular formula is C22H22ClNO4S. The molecule has 0 aromatic heterocycles. The molecule has 5 rings (SSSR count). The van der Waals surface area contributed by atoms with Crippen LogP contribution in [0.25, 0.3) is 0 Å². The van der Waals surface area contributed by atoms with Crippen LogP contribution in [0.1, 0.15) is 47.2 Å². The molecule has 2 aromatic carbocycles. The van der Waals surface area contributed by atoms with Crippen molar-refractivity contribution in [3.8, 4) is 0 Å². The van der Waals surface area contributed by atoms with Crippen LogP contribution in [0.15, 0.2) is 48.5 Å². The number of nitrogens with zero attached hydrogens (tertiary/aromatic N) is 1. The lowest BCUT2D eigenvalue weighted by Gasteiger charge is -2.26. The smallest absolute Gasteiger partial charge is 0.220 e. The van der Waals surface area contributed by atoms with Gasteiger partial charge >= 0.3 is 0 Å². The second-order valence-electron chi connectivity index (χ2n) is 8.38. The van der Waals surface area contributed by atoms with Crippen molar-refractivity contribution in [1.82, 2.24) is 4.31 Å². The lowest BCUT2D eigenvalue weighted by Crippen LogP contribution is -2.39. The van der Waals surface area contributed by atoms with Crippen molar-refractivity contribution in [2.45, 2.75) is 49.2 Å². The van der Waals surface area contributed by atoms with Gasteiger partial charge in [0.1, 0.15) is 10.9 Å². The van der Waals surface area contributed by atoms with Crippen molar-refractivity contribution in [2.75, 3.05) is 6.54 Å². The summed E-state index contributed by atoms with van der Waals surface area (Å²) in [6.45, 7) is 2.25. The minimum atomic E-state index is -3.42. The fourth-order valence-corrected chi connectivity index (χ4v) is 7.73. The molecule has 3 aliphatic heterocycles. The zero-order valence-electron chi connectivity index (χ0n) is 16.0. The Bertz CT molecular complexity index is 1080. The third-order valence-electron chi connectivity index (χ3n) is 6.59. The molecule has 3 aliphatic rings. The van der Waals surface area contributed by atoms with Crippen molar-refractivity contribution >= 4 is 27.4 Å². The lowest BCUT2D eigenvalue weighted by molar-refractivity contribution is 0.0108. The second-order valence-corrected chi connectivity index (χ2v) is 10.9. The van der Waals surface area contributed by atoms with E-state index < -0.39 is 20.9 Å². The monoisotopic (exact) mass is 431 g/mol. The fraction of sp³-hybridized carbons (Fsp3) is 0.409. The molecule has 7 heteroatoms. The Labute approximate surface area is 175 Å². The van der Waals surface area contributed by atoms with Crippen LogP contribution in [-0.2, 0) is 21.3 Å². The van der Waals surface area contributed by atoms with Crippen LogP contribution >= 0.6 is 11.6 Å². The maximum atomic E-state index is 13.2. The summed E-state index contributed by atoms with van der Waals surface area (Å²) in [6, 6.07) is 15.0. The van der Waals surface area contributed by atoms with Gasteiger partial charge in [-0.2, -0.15) is 4.31 Å². The Morgan fingerprint density at radius 3 is 2.69 bits per heavy atom. The molecule has 0 N–H and O–H groups in total. The van der Waals surface area contributed by atoms with Gasteiger partial charge in [0.2, 0.25) is 10.0 Å². The van der Waals surface area contributed by atoms with Gasteiger partial charge in [-0.3, -0.25) is 4.79 Å². The lowest BCUT2D eigenvalue weighted by atomic mass is 9.77. The summed E-state index contributed by atoms with van der Waals surface area (Å²) in [5.41, 5.74) is 2.03. The summed E-state index contributed by atoms with van der Waals surface area (Å²) in [5, 5.41) is 0.121. The standard InChI is InChI=1S/C22H22ClNO4S/c1-14(25)16-5-7-17(8-6-16)19-11-22-13-24(12-15-3-2-4-18(23)9-15)29(26,27)21(22)10-20(19)28-22/h2-9,19-21H,10-13H2,1H3. The first-order valence-electron chi connectivity index (χ1n) is 9.81. The molecule has 0 saturated carbocycles. The maximum Gasteiger partial charge on any atom is 0.220 e. The van der Waals surface area contributed by atoms with Crippen molar-refractivity contribution in [3.05, 3.63) is 70.2 Å². The van der Waals surface area contributed by atoms with E-state index in [1.807, 2.05) is 36.4 Å². The quantitative estimate of drug-likeness (QED) is 0.691. The third-order valence-corrected chi connectivity index (χ3v) is 9.14. The molecular weight excluding hydrogens is 410 g/mol. The van der Waals surface area contributed by atoms with E-state index >= 15 is 0 Å². The van der Waals surface area contributed by atoms with Gasteiger partial charge in [-0.05, 0) is 43.0 Å². The molecule has 4 atom stereocenters. The zero-order valence-corrected chi connectivity index (χ0v) is 17.6. The number of carbonyl (C=O) groups excluding carboxylic acids is 1. The highest BCUT2D eigenvalue weighted by molar-refractivity contribution is 7.90. The zero-order chi connectivity index (χ0) is 20.4. The molecule has 152 valence electrons. The molecule has 3 saturated heterocycles. The van der Waals surface area contributed by atoms with Crippen LogP contribution < -0.4 is 0 Å². The van der Waals surface area contributed by atoms with Gasteiger partial charge < -0.3 is 4.74 Å². The molecule has 0 amide bonds. The second kappa shape index (κ2) is 6.64. The van der Waals surface area contributed by atoms with E-state index in [1.165, 1.54) is 0 Å². The number of fused-ring (bicyclic) bond motifs is 1. The van der Waals surface area contributed by atoms with Crippen molar-refractivity contribution in [3.63, 3.8) is 0 Å². The van der Waals surface area contributed by atoms with E-state index in [-0.39, 0.29) is 17.8 Å². The van der Waals surface area contributed by atoms with Gasteiger partial charge in [-0.1, -0.05) is 48.0 Å². The number of sulfonamides is 1. The van der Waals surface area contributed by atoms with Crippen molar-refractivity contribution < 1.29 is 17.9 Å². The molecule has 2 bridgehead atoms. The molecule has 2 aromatic rings. The third kappa shape index (κ3) is 3.05. The molecule has 3 fully saturated rings. The van der Waals surface area contributed by atoms with E-state index in [0.29, 0.717) is 36.5 Å². The van der Waals surface area contributed by atoms with Gasteiger partial charge in [0.15, 0.2) is 5.78 Å². The predicted octanol–water partition coefficient (Wildman–Crippen LogP) is 3.77. The van der Waals surface area contributed by atoms with E-state index in [9.17, 15) is 13.2 Å². The minimum Gasteiger partial charge on any atom is -0.368 e. The van der Waals surface area contributed by atoms with Crippen LogP contribution in [-0.4, -0.2) is 42.0 Å². The predicted molar refractivity (Wildman–Crippen MR) is 111 cm³/mol. The number of hydrogen-bond acceptors (Lipinski definition) is 4. The Kier molecular flexibility index (Phi) is 4.41. The van der Waals surface area contributed by atoms with Gasteiger partial charge in [-0.15, -0.1) is 0 Å². The Hall–Kier alpha value is -1.73. The van der Waals surface area contributed by atoms with E-state index in [0.717, 1.165) is 11.1 Å². The number of rotatable bonds is 4. The van der Waals surface area contributed by atoms with Gasteiger partial charge in [-0.25, -0.2) is 8.42 Å². The summed E-state index contributed by atoms with van der Waals surface area (Å²) in [4.78, 5) is 11.5. The number of ether oxygens (including phenoxy) is 1. The SMILES string of the molecule is CC(=O)c1ccc(C2CC34CN(Cc5cccc(Cl)c5)S(=O)(=O)C3CC2O4)cc1. The molecule has 5 nitrogen and oxygen atoms in total. The largest absolute Gasteiger partial charge is 0.368 e. The topological polar surface area (TPSA) is 63.7 Å². The number of benzene rings is 2. The summed E-state index contributed by atoms with van der Waals surface area (Å²) < 4.78 is 34.3. The number of Topliss-reactive ketones (excluding diaryl/α,β-unsaturated/α-hetero) is 1. The first-order chi connectivity index (χ1) is 13.8. The minimum absolute atomic E-state index is 0.0398. The van der Waals surface area contributed by atoms with Crippen molar-refractivity contribution in [1.29, 1.82) is 0 Å². The molecule has 3 heterocycles.